The number of benzene rings is 1. The molecule has 2 fully saturated rings. The van der Waals surface area contributed by atoms with E-state index in [0.717, 1.165) is 6.20 Å². The van der Waals surface area contributed by atoms with Crippen molar-refractivity contribution in [2.24, 2.45) is 0 Å². The second kappa shape index (κ2) is 7.06. The van der Waals surface area contributed by atoms with Crippen molar-refractivity contribution in [1.82, 2.24) is 14.7 Å². The smallest absolute Gasteiger partial charge is 0.347 e. The van der Waals surface area contributed by atoms with Crippen molar-refractivity contribution in [1.29, 1.82) is 0 Å². The predicted molar refractivity (Wildman–Crippen MR) is 93.3 cm³/mol. The van der Waals surface area contributed by atoms with Crippen LogP contribution >= 0.6 is 11.6 Å². The molecular weight excluding hydrogens is 399 g/mol. The van der Waals surface area contributed by atoms with E-state index < -0.39 is 29.1 Å². The number of aromatic nitrogens is 2. The fourth-order valence-corrected chi connectivity index (χ4v) is 3.77. The van der Waals surface area contributed by atoms with Gasteiger partial charge in [-0.3, -0.25) is 4.79 Å². The van der Waals surface area contributed by atoms with Gasteiger partial charge in [-0.2, -0.15) is 18.3 Å². The number of hydrogen-bond donors (Lipinski definition) is 0. The van der Waals surface area contributed by atoms with E-state index in [-0.39, 0.29) is 23.8 Å². The third-order valence-corrected chi connectivity index (χ3v) is 5.18. The standard InChI is InChI=1S/C18H17ClF3N3O3/c19-12-2-1-3-13(10-12)25-15(18(20,21)22)14(11-23-25)16(26)24-6-4-17(5-7-24)27-8-9-28-17/h1-3,10-11H,4-9H2. The molecule has 0 aliphatic carbocycles. The summed E-state index contributed by atoms with van der Waals surface area (Å²) in [6, 6.07) is 5.87. The number of hydrogen-bond acceptors (Lipinski definition) is 4. The second-order valence-electron chi connectivity index (χ2n) is 6.70. The third kappa shape index (κ3) is 3.49. The molecule has 2 aromatic rings. The third-order valence-electron chi connectivity index (χ3n) is 4.95. The number of ether oxygens (including phenoxy) is 2. The van der Waals surface area contributed by atoms with Gasteiger partial charge in [0.1, 0.15) is 0 Å². The Morgan fingerprint density at radius 1 is 1.18 bits per heavy atom. The number of carbonyl (C=O) groups excluding carboxylic acids is 1. The largest absolute Gasteiger partial charge is 0.434 e. The van der Waals surface area contributed by atoms with Crippen molar-refractivity contribution >= 4 is 17.5 Å². The maximum Gasteiger partial charge on any atom is 0.434 e. The van der Waals surface area contributed by atoms with Crippen molar-refractivity contribution in [2.75, 3.05) is 26.3 Å². The van der Waals surface area contributed by atoms with Crippen molar-refractivity contribution in [2.45, 2.75) is 24.8 Å². The molecule has 150 valence electrons. The number of piperidine rings is 1. The minimum Gasteiger partial charge on any atom is -0.347 e. The molecule has 1 aromatic heterocycles. The first-order chi connectivity index (χ1) is 13.3. The summed E-state index contributed by atoms with van der Waals surface area (Å²) in [4.78, 5) is 14.2. The monoisotopic (exact) mass is 415 g/mol. The van der Waals surface area contributed by atoms with E-state index in [0.29, 0.717) is 30.7 Å². The Morgan fingerprint density at radius 2 is 1.86 bits per heavy atom. The molecule has 0 N–H and O–H groups in total. The van der Waals surface area contributed by atoms with Crippen molar-refractivity contribution in [3.05, 3.63) is 46.7 Å². The van der Waals surface area contributed by atoms with E-state index in [9.17, 15) is 18.0 Å². The van der Waals surface area contributed by atoms with Crippen LogP contribution in [0.25, 0.3) is 5.69 Å². The zero-order chi connectivity index (χ0) is 19.9. The van der Waals surface area contributed by atoms with Crippen LogP contribution in [0.15, 0.2) is 30.5 Å². The van der Waals surface area contributed by atoms with Crippen LogP contribution in [0.5, 0.6) is 0 Å². The molecule has 6 nitrogen and oxygen atoms in total. The summed E-state index contributed by atoms with van der Waals surface area (Å²) in [5.74, 6) is -1.43. The maximum absolute atomic E-state index is 13.8. The lowest BCUT2D eigenvalue weighted by molar-refractivity contribution is -0.181. The Kier molecular flexibility index (Phi) is 4.84. The quantitative estimate of drug-likeness (QED) is 0.753. The average molecular weight is 416 g/mol. The van der Waals surface area contributed by atoms with Gasteiger partial charge in [-0.05, 0) is 18.2 Å². The van der Waals surface area contributed by atoms with Crippen molar-refractivity contribution in [3.63, 3.8) is 0 Å². The molecule has 0 radical (unpaired) electrons. The Labute approximate surface area is 163 Å². The van der Waals surface area contributed by atoms with Crippen LogP contribution < -0.4 is 0 Å². The summed E-state index contributed by atoms with van der Waals surface area (Å²) in [6.07, 6.45) is -2.97. The first-order valence-electron chi connectivity index (χ1n) is 8.77. The van der Waals surface area contributed by atoms with Crippen LogP contribution in [0.2, 0.25) is 5.02 Å². The highest BCUT2D eigenvalue weighted by Gasteiger charge is 2.44. The Balaban J connectivity index is 1.63. The molecule has 2 aliphatic rings. The molecule has 10 heteroatoms. The van der Waals surface area contributed by atoms with E-state index >= 15 is 0 Å². The van der Waals surface area contributed by atoms with Crippen LogP contribution in [0.1, 0.15) is 28.9 Å². The number of amides is 1. The average Bonchev–Trinajstić information content (AvgIpc) is 3.29. The Hall–Kier alpha value is -2.10. The highest BCUT2D eigenvalue weighted by molar-refractivity contribution is 6.30. The van der Waals surface area contributed by atoms with Gasteiger partial charge in [-0.1, -0.05) is 17.7 Å². The summed E-state index contributed by atoms with van der Waals surface area (Å²) >= 11 is 5.89. The summed E-state index contributed by atoms with van der Waals surface area (Å²) in [5.41, 5.74) is -1.48. The van der Waals surface area contributed by atoms with Crippen LogP contribution in [0.3, 0.4) is 0 Å². The van der Waals surface area contributed by atoms with Gasteiger partial charge < -0.3 is 14.4 Å². The van der Waals surface area contributed by atoms with E-state index in [1.54, 1.807) is 6.07 Å². The van der Waals surface area contributed by atoms with Gasteiger partial charge in [0, 0.05) is 31.0 Å². The molecule has 4 rings (SSSR count). The number of carbonyl (C=O) groups is 1. The number of likely N-dealkylation sites (tertiary alicyclic amines) is 1. The molecule has 1 amide bonds. The lowest BCUT2D eigenvalue weighted by atomic mass is 10.0. The van der Waals surface area contributed by atoms with Gasteiger partial charge >= 0.3 is 6.18 Å². The van der Waals surface area contributed by atoms with E-state index in [2.05, 4.69) is 5.10 Å². The first-order valence-corrected chi connectivity index (χ1v) is 9.15. The molecule has 1 aromatic carbocycles. The number of halogens is 4. The molecule has 0 unspecified atom stereocenters. The van der Waals surface area contributed by atoms with Gasteiger partial charge in [0.2, 0.25) is 0 Å². The molecule has 1 spiro atoms. The van der Waals surface area contributed by atoms with E-state index in [1.165, 1.54) is 23.1 Å². The summed E-state index contributed by atoms with van der Waals surface area (Å²) in [7, 11) is 0. The number of alkyl halides is 3. The highest BCUT2D eigenvalue weighted by atomic mass is 35.5. The normalized spacial score (nSPS) is 19.4. The van der Waals surface area contributed by atoms with Crippen molar-refractivity contribution < 1.29 is 27.4 Å². The second-order valence-corrected chi connectivity index (χ2v) is 7.13. The van der Waals surface area contributed by atoms with Crippen LogP contribution in [0.4, 0.5) is 13.2 Å². The van der Waals surface area contributed by atoms with E-state index in [4.69, 9.17) is 21.1 Å². The zero-order valence-corrected chi connectivity index (χ0v) is 15.5. The van der Waals surface area contributed by atoms with Gasteiger partial charge in [-0.25, -0.2) is 4.68 Å². The molecular formula is C18H17ClF3N3O3. The summed E-state index contributed by atoms with van der Waals surface area (Å²) in [5, 5.41) is 4.09. The summed E-state index contributed by atoms with van der Waals surface area (Å²) < 4.78 is 53.3. The Bertz CT molecular complexity index is 884. The SMILES string of the molecule is O=C(c1cnn(-c2cccc(Cl)c2)c1C(F)(F)F)N1CCC2(CC1)OCCO2. The maximum atomic E-state index is 13.8. The van der Waals surface area contributed by atoms with E-state index in [1.807, 2.05) is 0 Å². The number of rotatable bonds is 2. The topological polar surface area (TPSA) is 56.6 Å². The molecule has 0 atom stereocenters. The van der Waals surface area contributed by atoms with Gasteiger partial charge in [0.05, 0.1) is 30.7 Å². The van der Waals surface area contributed by atoms with Gasteiger partial charge in [0.15, 0.2) is 11.5 Å². The summed E-state index contributed by atoms with van der Waals surface area (Å²) in [6.45, 7) is 1.47. The van der Waals surface area contributed by atoms with Gasteiger partial charge in [-0.15, -0.1) is 0 Å². The molecule has 3 heterocycles. The lowest BCUT2D eigenvalue weighted by Gasteiger charge is -2.37. The van der Waals surface area contributed by atoms with Crippen LogP contribution in [-0.2, 0) is 15.7 Å². The van der Waals surface area contributed by atoms with Crippen LogP contribution in [0, 0.1) is 0 Å². The minimum absolute atomic E-state index is 0.129. The zero-order valence-electron chi connectivity index (χ0n) is 14.7. The fraction of sp³-hybridized carbons (Fsp3) is 0.444. The van der Waals surface area contributed by atoms with Crippen LogP contribution in [-0.4, -0.2) is 52.7 Å². The molecule has 28 heavy (non-hydrogen) atoms. The van der Waals surface area contributed by atoms with Gasteiger partial charge in [0.25, 0.3) is 5.91 Å². The molecule has 2 aliphatic heterocycles. The van der Waals surface area contributed by atoms with Crippen molar-refractivity contribution in [3.8, 4) is 5.69 Å². The minimum atomic E-state index is -4.77. The fourth-order valence-electron chi connectivity index (χ4n) is 3.59. The predicted octanol–water partition coefficient (Wildman–Crippen LogP) is 3.52. The molecule has 0 bridgehead atoms. The number of nitrogens with zero attached hydrogens (tertiary/aromatic N) is 3. The lowest BCUT2D eigenvalue weighted by Crippen LogP contribution is -2.47. The molecule has 0 saturated carbocycles. The first kappa shape index (κ1) is 19.2. The Morgan fingerprint density at radius 3 is 2.46 bits per heavy atom. The molecule has 2 saturated heterocycles. The highest BCUT2D eigenvalue weighted by Crippen LogP contribution is 2.36.